The summed E-state index contributed by atoms with van der Waals surface area (Å²) < 4.78 is 5.31. The maximum Gasteiger partial charge on any atom is 0.0589 e. The summed E-state index contributed by atoms with van der Waals surface area (Å²) in [6, 6.07) is 1.55. The fraction of sp³-hybridized carbons (Fsp3) is 1.00. The van der Waals surface area contributed by atoms with Crippen molar-refractivity contribution in [2.75, 3.05) is 26.8 Å². The summed E-state index contributed by atoms with van der Waals surface area (Å²) in [4.78, 5) is 2.74. The molecule has 0 aliphatic heterocycles. The largest absolute Gasteiger partial charge is 0.383 e. The van der Waals surface area contributed by atoms with Crippen LogP contribution in [0.25, 0.3) is 0 Å². The van der Waals surface area contributed by atoms with Crippen LogP contribution in [0.4, 0.5) is 0 Å². The van der Waals surface area contributed by atoms with Gasteiger partial charge in [0.2, 0.25) is 0 Å². The van der Waals surface area contributed by atoms with Crippen LogP contribution in [0.5, 0.6) is 0 Å². The van der Waals surface area contributed by atoms with E-state index in [0.29, 0.717) is 5.92 Å². The molecular formula is C16H32N2O. The van der Waals surface area contributed by atoms with Crippen molar-refractivity contribution >= 4 is 0 Å². The highest BCUT2D eigenvalue weighted by atomic mass is 16.5. The van der Waals surface area contributed by atoms with Crippen molar-refractivity contribution < 1.29 is 4.74 Å². The number of ether oxygens (including phenoxy) is 1. The average molecular weight is 268 g/mol. The molecule has 2 saturated carbocycles. The standard InChI is InChI=1S/C16H32N2O/c1-3-4-13-5-6-14(12-17)16(11-13)18(9-10-19-2)15-7-8-15/h13-16H,3-12,17H2,1-2H3. The minimum atomic E-state index is 0.713. The number of nitrogens with two attached hydrogens (primary N) is 1. The second-order valence-corrected chi connectivity index (χ2v) is 6.49. The quantitative estimate of drug-likeness (QED) is 0.735. The van der Waals surface area contributed by atoms with Gasteiger partial charge in [0.05, 0.1) is 6.61 Å². The van der Waals surface area contributed by atoms with Gasteiger partial charge >= 0.3 is 0 Å². The molecule has 19 heavy (non-hydrogen) atoms. The van der Waals surface area contributed by atoms with Gasteiger partial charge in [-0.1, -0.05) is 26.2 Å². The highest BCUT2D eigenvalue weighted by Crippen LogP contribution is 2.39. The van der Waals surface area contributed by atoms with E-state index < -0.39 is 0 Å². The van der Waals surface area contributed by atoms with Crippen LogP contribution in [-0.2, 0) is 4.74 Å². The van der Waals surface area contributed by atoms with Gasteiger partial charge in [-0.25, -0.2) is 0 Å². The molecule has 0 bridgehead atoms. The zero-order valence-corrected chi connectivity index (χ0v) is 12.8. The zero-order valence-electron chi connectivity index (χ0n) is 12.8. The first-order chi connectivity index (χ1) is 9.30. The van der Waals surface area contributed by atoms with Crippen molar-refractivity contribution in [1.29, 1.82) is 0 Å². The normalized spacial score (nSPS) is 31.9. The van der Waals surface area contributed by atoms with E-state index in [-0.39, 0.29) is 0 Å². The minimum Gasteiger partial charge on any atom is -0.383 e. The third-order valence-corrected chi connectivity index (χ3v) is 5.06. The number of methoxy groups -OCH3 is 1. The molecule has 0 aromatic heterocycles. The Balaban J connectivity index is 1.97. The van der Waals surface area contributed by atoms with Crippen molar-refractivity contribution in [2.24, 2.45) is 17.6 Å². The first-order valence-corrected chi connectivity index (χ1v) is 8.24. The number of rotatable bonds is 8. The molecule has 3 atom stereocenters. The van der Waals surface area contributed by atoms with Gasteiger partial charge in [0, 0.05) is 25.7 Å². The maximum atomic E-state index is 6.04. The summed E-state index contributed by atoms with van der Waals surface area (Å²) >= 11 is 0. The fourth-order valence-corrected chi connectivity index (χ4v) is 3.87. The lowest BCUT2D eigenvalue weighted by Gasteiger charge is -2.43. The number of hydrogen-bond acceptors (Lipinski definition) is 3. The van der Waals surface area contributed by atoms with Crippen LogP contribution in [0.1, 0.15) is 51.9 Å². The highest BCUT2D eigenvalue weighted by Gasteiger charge is 2.39. The number of nitrogens with zero attached hydrogens (tertiary/aromatic N) is 1. The Bertz CT molecular complexity index is 255. The van der Waals surface area contributed by atoms with Crippen LogP contribution < -0.4 is 5.73 Å². The molecule has 0 heterocycles. The van der Waals surface area contributed by atoms with Crippen molar-refractivity contribution in [2.45, 2.75) is 64.0 Å². The van der Waals surface area contributed by atoms with Gasteiger partial charge in [0.25, 0.3) is 0 Å². The van der Waals surface area contributed by atoms with Gasteiger partial charge in [-0.15, -0.1) is 0 Å². The molecule has 3 unspecified atom stereocenters. The predicted molar refractivity (Wildman–Crippen MR) is 80.2 cm³/mol. The summed E-state index contributed by atoms with van der Waals surface area (Å²) in [5.74, 6) is 1.65. The monoisotopic (exact) mass is 268 g/mol. The van der Waals surface area contributed by atoms with Crippen molar-refractivity contribution in [1.82, 2.24) is 4.90 Å². The van der Waals surface area contributed by atoms with E-state index in [1.165, 1.54) is 44.9 Å². The minimum absolute atomic E-state index is 0.713. The van der Waals surface area contributed by atoms with Gasteiger partial charge in [0.15, 0.2) is 0 Å². The van der Waals surface area contributed by atoms with E-state index in [0.717, 1.165) is 37.7 Å². The van der Waals surface area contributed by atoms with Crippen LogP contribution in [0.15, 0.2) is 0 Å². The van der Waals surface area contributed by atoms with Gasteiger partial charge in [-0.05, 0) is 44.1 Å². The molecule has 2 N–H and O–H groups in total. The summed E-state index contributed by atoms with van der Waals surface area (Å²) in [6.45, 7) is 5.14. The molecule has 2 rings (SSSR count). The first kappa shape index (κ1) is 15.3. The number of hydrogen-bond donors (Lipinski definition) is 1. The Morgan fingerprint density at radius 3 is 2.58 bits per heavy atom. The molecule has 112 valence electrons. The Labute approximate surface area is 118 Å². The van der Waals surface area contributed by atoms with E-state index in [4.69, 9.17) is 10.5 Å². The van der Waals surface area contributed by atoms with Crippen molar-refractivity contribution in [3.05, 3.63) is 0 Å². The van der Waals surface area contributed by atoms with E-state index in [1.807, 2.05) is 7.11 Å². The smallest absolute Gasteiger partial charge is 0.0589 e. The van der Waals surface area contributed by atoms with E-state index >= 15 is 0 Å². The van der Waals surface area contributed by atoms with Gasteiger partial charge in [-0.3, -0.25) is 4.90 Å². The van der Waals surface area contributed by atoms with Gasteiger partial charge < -0.3 is 10.5 Å². The van der Waals surface area contributed by atoms with Crippen LogP contribution in [-0.4, -0.2) is 43.8 Å². The SMILES string of the molecule is CCCC1CCC(CN)C(N(CCOC)C2CC2)C1. The Kier molecular flexibility index (Phi) is 6.11. The molecule has 2 aliphatic rings. The lowest BCUT2D eigenvalue weighted by atomic mass is 9.76. The first-order valence-electron chi connectivity index (χ1n) is 8.24. The van der Waals surface area contributed by atoms with Crippen LogP contribution in [0.2, 0.25) is 0 Å². The summed E-state index contributed by atoms with van der Waals surface area (Å²) in [5.41, 5.74) is 6.04. The lowest BCUT2D eigenvalue weighted by molar-refractivity contribution is 0.0491. The molecule has 0 aromatic carbocycles. The molecule has 2 fully saturated rings. The molecule has 0 spiro atoms. The molecular weight excluding hydrogens is 236 g/mol. The molecule has 0 saturated heterocycles. The molecule has 2 aliphatic carbocycles. The van der Waals surface area contributed by atoms with Crippen LogP contribution in [0, 0.1) is 11.8 Å². The average Bonchev–Trinajstić information content (AvgIpc) is 3.25. The highest BCUT2D eigenvalue weighted by molar-refractivity contribution is 4.94. The van der Waals surface area contributed by atoms with Crippen molar-refractivity contribution in [3.63, 3.8) is 0 Å². The molecule has 0 radical (unpaired) electrons. The van der Waals surface area contributed by atoms with Crippen LogP contribution in [0.3, 0.4) is 0 Å². The second-order valence-electron chi connectivity index (χ2n) is 6.49. The van der Waals surface area contributed by atoms with Gasteiger partial charge in [0.1, 0.15) is 0 Å². The zero-order chi connectivity index (χ0) is 13.7. The van der Waals surface area contributed by atoms with Crippen LogP contribution >= 0.6 is 0 Å². The maximum absolute atomic E-state index is 6.04. The topological polar surface area (TPSA) is 38.5 Å². The molecule has 0 aromatic rings. The lowest BCUT2D eigenvalue weighted by Crippen LogP contribution is -2.49. The molecule has 3 nitrogen and oxygen atoms in total. The molecule has 0 amide bonds. The van der Waals surface area contributed by atoms with E-state index in [9.17, 15) is 0 Å². The Morgan fingerprint density at radius 2 is 2.00 bits per heavy atom. The fourth-order valence-electron chi connectivity index (χ4n) is 3.87. The van der Waals surface area contributed by atoms with Gasteiger partial charge in [-0.2, -0.15) is 0 Å². The second kappa shape index (κ2) is 7.61. The van der Waals surface area contributed by atoms with Crippen molar-refractivity contribution in [3.8, 4) is 0 Å². The third-order valence-electron chi connectivity index (χ3n) is 5.06. The third kappa shape index (κ3) is 4.17. The Hall–Kier alpha value is -0.120. The predicted octanol–water partition coefficient (Wildman–Crippen LogP) is 2.64. The summed E-state index contributed by atoms with van der Waals surface area (Å²) in [7, 11) is 1.81. The van der Waals surface area contributed by atoms with E-state index in [1.54, 1.807) is 0 Å². The Morgan fingerprint density at radius 1 is 1.21 bits per heavy atom. The summed E-state index contributed by atoms with van der Waals surface area (Å²) in [5, 5.41) is 0. The van der Waals surface area contributed by atoms with E-state index in [2.05, 4.69) is 11.8 Å². The molecule has 3 heteroatoms. The summed E-state index contributed by atoms with van der Waals surface area (Å²) in [6.07, 6.45) is 9.60.